The Labute approximate surface area is 104 Å². The Bertz CT molecular complexity index is 280. The van der Waals surface area contributed by atoms with Gasteiger partial charge in [-0.25, -0.2) is 0 Å². The Morgan fingerprint density at radius 1 is 1.53 bits per heavy atom. The van der Waals surface area contributed by atoms with E-state index in [1.165, 1.54) is 0 Å². The molecule has 1 saturated heterocycles. The van der Waals surface area contributed by atoms with Crippen molar-refractivity contribution in [1.82, 2.24) is 4.90 Å². The van der Waals surface area contributed by atoms with Crippen LogP contribution in [0.1, 0.15) is 32.6 Å². The van der Waals surface area contributed by atoms with Crippen molar-refractivity contribution < 1.29 is 9.53 Å². The highest BCUT2D eigenvalue weighted by atomic mass is 16.5. The van der Waals surface area contributed by atoms with Crippen molar-refractivity contribution >= 4 is 5.91 Å². The van der Waals surface area contributed by atoms with E-state index < -0.39 is 5.92 Å². The zero-order chi connectivity index (χ0) is 12.7. The lowest BCUT2D eigenvalue weighted by Gasteiger charge is -2.25. The summed E-state index contributed by atoms with van der Waals surface area (Å²) in [5.41, 5.74) is 0. The van der Waals surface area contributed by atoms with Crippen molar-refractivity contribution in [3.63, 3.8) is 0 Å². The number of hydrogen-bond acceptors (Lipinski definition) is 3. The average molecular weight is 238 g/mol. The van der Waals surface area contributed by atoms with Crippen molar-refractivity contribution in [2.45, 2.75) is 32.6 Å². The molecule has 1 rings (SSSR count). The topological polar surface area (TPSA) is 53.3 Å². The van der Waals surface area contributed by atoms with E-state index in [-0.39, 0.29) is 5.91 Å². The number of rotatable bonds is 5. The van der Waals surface area contributed by atoms with Crippen LogP contribution in [0.3, 0.4) is 0 Å². The lowest BCUT2D eigenvalue weighted by molar-refractivity contribution is -0.132. The van der Waals surface area contributed by atoms with E-state index in [4.69, 9.17) is 10.00 Å². The third-order valence-corrected chi connectivity index (χ3v) is 3.45. The van der Waals surface area contributed by atoms with Crippen LogP contribution in [0.2, 0.25) is 0 Å². The molecule has 0 aliphatic carbocycles. The first-order valence-electron chi connectivity index (χ1n) is 6.41. The van der Waals surface area contributed by atoms with Gasteiger partial charge in [0.15, 0.2) is 0 Å². The summed E-state index contributed by atoms with van der Waals surface area (Å²) in [5, 5.41) is 8.85. The third-order valence-electron chi connectivity index (χ3n) is 3.45. The second kappa shape index (κ2) is 7.29. The van der Waals surface area contributed by atoms with Crippen molar-refractivity contribution in [2.75, 3.05) is 26.8 Å². The summed E-state index contributed by atoms with van der Waals surface area (Å²) in [7, 11) is 1.79. The summed E-state index contributed by atoms with van der Waals surface area (Å²) in [5.74, 6) is 0.151. The monoisotopic (exact) mass is 238 g/mol. The molecular formula is C13H22N2O2. The molecule has 0 N–H and O–H groups in total. The zero-order valence-corrected chi connectivity index (χ0v) is 10.8. The molecular weight excluding hydrogens is 216 g/mol. The van der Waals surface area contributed by atoms with E-state index in [1.807, 2.05) is 6.92 Å². The number of carbonyl (C=O) groups excluding carboxylic acids is 1. The van der Waals surface area contributed by atoms with Crippen molar-refractivity contribution in [1.29, 1.82) is 5.26 Å². The molecule has 4 nitrogen and oxygen atoms in total. The first-order valence-corrected chi connectivity index (χ1v) is 6.41. The molecule has 1 atom stereocenters. The maximum absolute atomic E-state index is 11.9. The van der Waals surface area contributed by atoms with Crippen LogP contribution in [0.5, 0.6) is 0 Å². The van der Waals surface area contributed by atoms with Gasteiger partial charge in [0.25, 0.3) is 0 Å². The SMILES string of the molecule is CCC(C#N)C(=O)N(C)CCC1CCOCC1. The van der Waals surface area contributed by atoms with Crippen LogP contribution in [0, 0.1) is 23.2 Å². The molecule has 0 spiro atoms. The van der Waals surface area contributed by atoms with Gasteiger partial charge in [0.05, 0.1) is 6.07 Å². The van der Waals surface area contributed by atoms with E-state index in [1.54, 1.807) is 11.9 Å². The van der Waals surface area contributed by atoms with E-state index in [9.17, 15) is 4.79 Å². The molecule has 1 fully saturated rings. The quantitative estimate of drug-likeness (QED) is 0.734. The van der Waals surface area contributed by atoms with Gasteiger partial charge >= 0.3 is 0 Å². The van der Waals surface area contributed by atoms with Crippen molar-refractivity contribution in [2.24, 2.45) is 11.8 Å². The number of hydrogen-bond donors (Lipinski definition) is 0. The molecule has 0 saturated carbocycles. The van der Waals surface area contributed by atoms with Crippen LogP contribution in [-0.2, 0) is 9.53 Å². The predicted octanol–water partition coefficient (Wildman–Crippen LogP) is 1.81. The van der Waals surface area contributed by atoms with Gasteiger partial charge in [-0.1, -0.05) is 6.92 Å². The summed E-state index contributed by atoms with van der Waals surface area (Å²) in [6.07, 6.45) is 3.80. The van der Waals surface area contributed by atoms with Crippen LogP contribution in [0.4, 0.5) is 0 Å². The number of amides is 1. The van der Waals surface area contributed by atoms with Gasteiger partial charge in [0, 0.05) is 26.8 Å². The Morgan fingerprint density at radius 3 is 2.71 bits per heavy atom. The minimum atomic E-state index is -0.477. The second-order valence-corrected chi connectivity index (χ2v) is 4.69. The Morgan fingerprint density at radius 2 is 2.18 bits per heavy atom. The maximum atomic E-state index is 11.9. The first-order chi connectivity index (χ1) is 8.19. The highest BCUT2D eigenvalue weighted by molar-refractivity contribution is 5.80. The van der Waals surface area contributed by atoms with E-state index in [2.05, 4.69) is 6.07 Å². The number of nitriles is 1. The Balaban J connectivity index is 2.30. The zero-order valence-electron chi connectivity index (χ0n) is 10.8. The highest BCUT2D eigenvalue weighted by Gasteiger charge is 2.21. The van der Waals surface area contributed by atoms with Crippen molar-refractivity contribution in [3.05, 3.63) is 0 Å². The molecule has 0 aromatic rings. The number of carbonyl (C=O) groups is 1. The highest BCUT2D eigenvalue weighted by Crippen LogP contribution is 2.19. The molecule has 1 aliphatic heterocycles. The molecule has 0 radical (unpaired) electrons. The van der Waals surface area contributed by atoms with Gasteiger partial charge in [-0.2, -0.15) is 5.26 Å². The standard InChI is InChI=1S/C13H22N2O2/c1-3-12(10-14)13(16)15(2)7-4-11-5-8-17-9-6-11/h11-12H,3-9H2,1-2H3. The molecule has 0 aromatic carbocycles. The van der Waals surface area contributed by atoms with Gasteiger partial charge in [-0.05, 0) is 31.6 Å². The number of nitrogens with zero attached hydrogens (tertiary/aromatic N) is 2. The second-order valence-electron chi connectivity index (χ2n) is 4.69. The molecule has 96 valence electrons. The third kappa shape index (κ3) is 4.35. The maximum Gasteiger partial charge on any atom is 0.239 e. The van der Waals surface area contributed by atoms with Gasteiger partial charge in [-0.3, -0.25) is 4.79 Å². The van der Waals surface area contributed by atoms with Gasteiger partial charge in [-0.15, -0.1) is 0 Å². The smallest absolute Gasteiger partial charge is 0.239 e. The molecule has 17 heavy (non-hydrogen) atoms. The first kappa shape index (κ1) is 14.0. The van der Waals surface area contributed by atoms with E-state index in [0.29, 0.717) is 12.3 Å². The summed E-state index contributed by atoms with van der Waals surface area (Å²) < 4.78 is 5.30. The molecule has 1 aliphatic rings. The molecule has 0 aromatic heterocycles. The largest absolute Gasteiger partial charge is 0.381 e. The van der Waals surface area contributed by atoms with E-state index >= 15 is 0 Å². The summed E-state index contributed by atoms with van der Waals surface area (Å²) in [6, 6.07) is 2.06. The van der Waals surface area contributed by atoms with Gasteiger partial charge in [0.2, 0.25) is 5.91 Å². The molecule has 1 amide bonds. The minimum absolute atomic E-state index is 0.0398. The number of ether oxygens (including phenoxy) is 1. The van der Waals surface area contributed by atoms with Crippen molar-refractivity contribution in [3.8, 4) is 6.07 Å². The normalized spacial score (nSPS) is 18.4. The van der Waals surface area contributed by atoms with Crippen LogP contribution >= 0.6 is 0 Å². The fourth-order valence-corrected chi connectivity index (χ4v) is 2.11. The molecule has 4 heteroatoms. The Hall–Kier alpha value is -1.08. The predicted molar refractivity (Wildman–Crippen MR) is 65.2 cm³/mol. The van der Waals surface area contributed by atoms with E-state index in [0.717, 1.165) is 39.0 Å². The fourth-order valence-electron chi connectivity index (χ4n) is 2.11. The summed E-state index contributed by atoms with van der Waals surface area (Å²) >= 11 is 0. The van der Waals surface area contributed by atoms with Crippen LogP contribution in [0.25, 0.3) is 0 Å². The summed E-state index contributed by atoms with van der Waals surface area (Å²) in [6.45, 7) is 4.32. The molecule has 1 heterocycles. The average Bonchev–Trinajstić information content (AvgIpc) is 2.38. The minimum Gasteiger partial charge on any atom is -0.381 e. The lowest BCUT2D eigenvalue weighted by atomic mass is 9.96. The Kier molecular flexibility index (Phi) is 5.99. The van der Waals surface area contributed by atoms with Crippen LogP contribution < -0.4 is 0 Å². The summed E-state index contributed by atoms with van der Waals surface area (Å²) in [4.78, 5) is 13.6. The van der Waals surface area contributed by atoms with Crippen LogP contribution in [0.15, 0.2) is 0 Å². The molecule has 0 bridgehead atoms. The molecule has 1 unspecified atom stereocenters. The lowest BCUT2D eigenvalue weighted by Crippen LogP contribution is -2.34. The van der Waals surface area contributed by atoms with Gasteiger partial charge in [0.1, 0.15) is 5.92 Å². The fraction of sp³-hybridized carbons (Fsp3) is 0.846. The van der Waals surface area contributed by atoms with Gasteiger partial charge < -0.3 is 9.64 Å². The van der Waals surface area contributed by atoms with Crippen LogP contribution in [-0.4, -0.2) is 37.6 Å².